The Bertz CT molecular complexity index is 641. The van der Waals surface area contributed by atoms with Crippen molar-refractivity contribution in [2.45, 2.75) is 20.3 Å². The molecule has 0 unspecified atom stereocenters. The Morgan fingerprint density at radius 2 is 2.21 bits per heavy atom. The van der Waals surface area contributed by atoms with Crippen molar-refractivity contribution >= 4 is 17.2 Å². The van der Waals surface area contributed by atoms with Crippen LogP contribution in [0, 0.1) is 18.3 Å². The molecule has 0 amide bonds. The van der Waals surface area contributed by atoms with Gasteiger partial charge in [-0.25, -0.2) is 4.98 Å². The van der Waals surface area contributed by atoms with Crippen molar-refractivity contribution in [3.05, 3.63) is 47.2 Å². The van der Waals surface area contributed by atoms with Crippen molar-refractivity contribution in [1.82, 2.24) is 4.98 Å². The predicted octanol–water partition coefficient (Wildman–Crippen LogP) is 3.15. The van der Waals surface area contributed by atoms with Crippen LogP contribution in [0.2, 0.25) is 0 Å². The Balaban J connectivity index is 2.39. The first-order chi connectivity index (χ1) is 9.15. The van der Waals surface area contributed by atoms with E-state index in [0.717, 1.165) is 17.7 Å². The lowest BCUT2D eigenvalue weighted by Crippen LogP contribution is -2.03. The summed E-state index contributed by atoms with van der Waals surface area (Å²) >= 11 is 0. The number of nitrogens with one attached hydrogen (secondary N) is 1. The first-order valence-corrected chi connectivity index (χ1v) is 6.16. The number of pyridine rings is 1. The number of aromatic nitrogens is 1. The van der Waals surface area contributed by atoms with Gasteiger partial charge in [-0.2, -0.15) is 5.26 Å². The Morgan fingerprint density at radius 3 is 2.84 bits per heavy atom. The lowest BCUT2D eigenvalue weighted by atomic mass is 10.1. The summed E-state index contributed by atoms with van der Waals surface area (Å²) in [4.78, 5) is 4.20. The molecule has 0 fully saturated rings. The third-order valence-electron chi connectivity index (χ3n) is 3.03. The van der Waals surface area contributed by atoms with Gasteiger partial charge in [-0.1, -0.05) is 25.1 Å². The number of nitrogen functional groups attached to an aromatic ring is 1. The van der Waals surface area contributed by atoms with Crippen LogP contribution in [0.5, 0.6) is 0 Å². The van der Waals surface area contributed by atoms with E-state index < -0.39 is 0 Å². The number of para-hydroxylation sites is 1. The van der Waals surface area contributed by atoms with E-state index in [0.29, 0.717) is 17.1 Å². The second-order valence-corrected chi connectivity index (χ2v) is 4.36. The van der Waals surface area contributed by atoms with Gasteiger partial charge in [0.15, 0.2) is 5.82 Å². The molecule has 19 heavy (non-hydrogen) atoms. The van der Waals surface area contributed by atoms with Gasteiger partial charge in [0.05, 0.1) is 11.3 Å². The quantitative estimate of drug-likeness (QED) is 0.880. The first kappa shape index (κ1) is 12.9. The smallest absolute Gasteiger partial charge is 0.153 e. The molecule has 0 spiro atoms. The minimum Gasteiger partial charge on any atom is -0.396 e. The predicted molar refractivity (Wildman–Crippen MR) is 77.2 cm³/mol. The molecule has 0 aliphatic rings. The normalized spacial score (nSPS) is 9.95. The molecule has 0 radical (unpaired) electrons. The fourth-order valence-corrected chi connectivity index (χ4v) is 1.97. The van der Waals surface area contributed by atoms with E-state index >= 15 is 0 Å². The summed E-state index contributed by atoms with van der Waals surface area (Å²) in [5, 5.41) is 12.1. The van der Waals surface area contributed by atoms with Gasteiger partial charge in [-0.15, -0.1) is 0 Å². The number of anilines is 3. The highest BCUT2D eigenvalue weighted by molar-refractivity contribution is 5.73. The van der Waals surface area contributed by atoms with Crippen LogP contribution < -0.4 is 11.1 Å². The van der Waals surface area contributed by atoms with Crippen molar-refractivity contribution in [3.8, 4) is 6.07 Å². The van der Waals surface area contributed by atoms with Gasteiger partial charge in [0.1, 0.15) is 6.07 Å². The van der Waals surface area contributed by atoms with Gasteiger partial charge in [0, 0.05) is 11.9 Å². The Morgan fingerprint density at radius 1 is 1.42 bits per heavy atom. The summed E-state index contributed by atoms with van der Waals surface area (Å²) < 4.78 is 0. The van der Waals surface area contributed by atoms with Crippen LogP contribution in [0.15, 0.2) is 30.5 Å². The Labute approximate surface area is 112 Å². The molecule has 0 saturated heterocycles. The molecular formula is C15H16N4. The van der Waals surface area contributed by atoms with Crippen LogP contribution in [0.25, 0.3) is 0 Å². The van der Waals surface area contributed by atoms with E-state index in [2.05, 4.69) is 23.3 Å². The lowest BCUT2D eigenvalue weighted by Gasteiger charge is -2.14. The molecule has 0 aliphatic heterocycles. The monoisotopic (exact) mass is 252 g/mol. The number of hydrogen-bond acceptors (Lipinski definition) is 4. The summed E-state index contributed by atoms with van der Waals surface area (Å²) in [6.07, 6.45) is 2.45. The van der Waals surface area contributed by atoms with Gasteiger partial charge in [-0.05, 0) is 30.5 Å². The Kier molecular flexibility index (Phi) is 3.67. The minimum absolute atomic E-state index is 0.462. The van der Waals surface area contributed by atoms with Crippen LogP contribution in [-0.4, -0.2) is 4.98 Å². The molecule has 0 saturated carbocycles. The maximum atomic E-state index is 8.80. The standard InChI is InChI=1S/C15H16N4/c1-3-12-6-4-5-10(2)14(12)19-15-13(17)7-11(8-16)9-18-15/h4-7,9H,3,17H2,1-2H3,(H,18,19). The van der Waals surface area contributed by atoms with Crippen molar-refractivity contribution in [1.29, 1.82) is 5.26 Å². The first-order valence-electron chi connectivity index (χ1n) is 6.16. The third kappa shape index (κ3) is 2.66. The number of nitriles is 1. The van der Waals surface area contributed by atoms with Crippen LogP contribution in [-0.2, 0) is 6.42 Å². The molecular weight excluding hydrogens is 236 g/mol. The van der Waals surface area contributed by atoms with Crippen molar-refractivity contribution in [3.63, 3.8) is 0 Å². The highest BCUT2D eigenvalue weighted by atomic mass is 15.0. The molecule has 2 aromatic rings. The van der Waals surface area contributed by atoms with Gasteiger partial charge in [-0.3, -0.25) is 0 Å². The van der Waals surface area contributed by atoms with Gasteiger partial charge in [0.2, 0.25) is 0 Å². The molecule has 4 heteroatoms. The number of nitrogens with zero attached hydrogens (tertiary/aromatic N) is 2. The van der Waals surface area contributed by atoms with E-state index in [4.69, 9.17) is 11.0 Å². The van der Waals surface area contributed by atoms with E-state index in [-0.39, 0.29) is 0 Å². The third-order valence-corrected chi connectivity index (χ3v) is 3.03. The van der Waals surface area contributed by atoms with Crippen LogP contribution >= 0.6 is 0 Å². The molecule has 96 valence electrons. The Hall–Kier alpha value is -2.54. The molecule has 0 atom stereocenters. The summed E-state index contributed by atoms with van der Waals surface area (Å²) in [5.41, 5.74) is 10.2. The fraction of sp³-hybridized carbons (Fsp3) is 0.200. The number of nitrogens with two attached hydrogens (primary N) is 1. The molecule has 3 N–H and O–H groups in total. The minimum atomic E-state index is 0.462. The van der Waals surface area contributed by atoms with Crippen molar-refractivity contribution < 1.29 is 0 Å². The lowest BCUT2D eigenvalue weighted by molar-refractivity contribution is 1.13. The van der Waals surface area contributed by atoms with Gasteiger partial charge < -0.3 is 11.1 Å². The summed E-state index contributed by atoms with van der Waals surface area (Å²) in [6, 6.07) is 9.80. The van der Waals surface area contributed by atoms with Crippen LogP contribution in [0.3, 0.4) is 0 Å². The maximum Gasteiger partial charge on any atom is 0.153 e. The largest absolute Gasteiger partial charge is 0.396 e. The SMILES string of the molecule is CCc1cccc(C)c1Nc1ncc(C#N)cc1N. The molecule has 1 heterocycles. The molecule has 0 aliphatic carbocycles. The van der Waals surface area contributed by atoms with E-state index in [9.17, 15) is 0 Å². The summed E-state index contributed by atoms with van der Waals surface area (Å²) in [6.45, 7) is 4.15. The molecule has 0 bridgehead atoms. The summed E-state index contributed by atoms with van der Waals surface area (Å²) in [5.74, 6) is 0.586. The topological polar surface area (TPSA) is 74.7 Å². The average Bonchev–Trinajstić information content (AvgIpc) is 2.42. The van der Waals surface area contributed by atoms with E-state index in [1.165, 1.54) is 11.8 Å². The van der Waals surface area contributed by atoms with Gasteiger partial charge >= 0.3 is 0 Å². The van der Waals surface area contributed by atoms with Crippen molar-refractivity contribution in [2.24, 2.45) is 0 Å². The fourth-order valence-electron chi connectivity index (χ4n) is 1.97. The zero-order valence-corrected chi connectivity index (χ0v) is 11.1. The molecule has 1 aromatic carbocycles. The van der Waals surface area contributed by atoms with Crippen molar-refractivity contribution in [2.75, 3.05) is 11.1 Å². The average molecular weight is 252 g/mol. The molecule has 1 aromatic heterocycles. The maximum absolute atomic E-state index is 8.80. The van der Waals surface area contributed by atoms with E-state index in [1.54, 1.807) is 6.07 Å². The van der Waals surface area contributed by atoms with Gasteiger partial charge in [0.25, 0.3) is 0 Å². The molecule has 4 nitrogen and oxygen atoms in total. The molecule has 2 rings (SSSR count). The highest BCUT2D eigenvalue weighted by Gasteiger charge is 2.08. The zero-order chi connectivity index (χ0) is 13.8. The zero-order valence-electron chi connectivity index (χ0n) is 11.1. The second-order valence-electron chi connectivity index (χ2n) is 4.36. The van der Waals surface area contributed by atoms with Crippen LogP contribution in [0.4, 0.5) is 17.2 Å². The second kappa shape index (κ2) is 5.40. The summed E-state index contributed by atoms with van der Waals surface area (Å²) in [7, 11) is 0. The number of hydrogen-bond donors (Lipinski definition) is 2. The number of aryl methyl sites for hydroxylation is 2. The highest BCUT2D eigenvalue weighted by Crippen LogP contribution is 2.27. The number of rotatable bonds is 3. The van der Waals surface area contributed by atoms with Crippen LogP contribution in [0.1, 0.15) is 23.6 Å². The van der Waals surface area contributed by atoms with E-state index in [1.807, 2.05) is 25.1 Å². The number of benzene rings is 1.